The first-order valence-electron chi connectivity index (χ1n) is 4.85. The maximum atomic E-state index is 10.8. The molecule has 0 saturated carbocycles. The fourth-order valence-corrected chi connectivity index (χ4v) is 2.21. The predicted octanol–water partition coefficient (Wildman–Crippen LogP) is 2.52. The van der Waals surface area contributed by atoms with Crippen LogP contribution >= 0.6 is 0 Å². The molecule has 0 fully saturated rings. The molecule has 2 aliphatic rings. The Labute approximate surface area is 78.0 Å². The first kappa shape index (κ1) is 8.54. The Bertz CT molecular complexity index is 286. The predicted molar refractivity (Wildman–Crippen MR) is 50.4 cm³/mol. The summed E-state index contributed by atoms with van der Waals surface area (Å²) in [5.74, 6) is -0.744. The van der Waals surface area contributed by atoms with Crippen molar-refractivity contribution in [2.24, 2.45) is 5.92 Å². The van der Waals surface area contributed by atoms with Gasteiger partial charge >= 0.3 is 5.97 Å². The Hall–Kier alpha value is -1.05. The van der Waals surface area contributed by atoms with Gasteiger partial charge in [0.25, 0.3) is 0 Å². The van der Waals surface area contributed by atoms with Gasteiger partial charge in [0.05, 0.1) is 5.92 Å². The lowest BCUT2D eigenvalue weighted by Gasteiger charge is -2.25. The maximum absolute atomic E-state index is 10.8. The van der Waals surface area contributed by atoms with E-state index in [9.17, 15) is 4.79 Å². The monoisotopic (exact) mass is 178 g/mol. The zero-order chi connectivity index (χ0) is 9.26. The van der Waals surface area contributed by atoms with Crippen LogP contribution in [0.5, 0.6) is 0 Å². The van der Waals surface area contributed by atoms with Crippen LogP contribution in [0.4, 0.5) is 0 Å². The lowest BCUT2D eigenvalue weighted by molar-refractivity contribution is -0.142. The highest BCUT2D eigenvalue weighted by Gasteiger charge is 2.25. The summed E-state index contributed by atoms with van der Waals surface area (Å²) < 4.78 is 0. The van der Waals surface area contributed by atoms with E-state index in [0.29, 0.717) is 0 Å². The fourth-order valence-electron chi connectivity index (χ4n) is 2.21. The van der Waals surface area contributed by atoms with Crippen LogP contribution in [0.25, 0.3) is 0 Å². The summed E-state index contributed by atoms with van der Waals surface area (Å²) in [5, 5.41) is 8.89. The average Bonchev–Trinajstić information content (AvgIpc) is 2.17. The Morgan fingerprint density at radius 3 is 2.69 bits per heavy atom. The highest BCUT2D eigenvalue weighted by molar-refractivity contribution is 5.70. The van der Waals surface area contributed by atoms with Gasteiger partial charge < -0.3 is 5.11 Å². The van der Waals surface area contributed by atoms with Gasteiger partial charge in [-0.05, 0) is 32.1 Å². The maximum Gasteiger partial charge on any atom is 0.306 e. The number of hydrogen-bond donors (Lipinski definition) is 1. The molecule has 0 aliphatic heterocycles. The van der Waals surface area contributed by atoms with Crippen LogP contribution in [0.15, 0.2) is 23.3 Å². The zero-order valence-corrected chi connectivity index (χ0v) is 7.62. The lowest BCUT2D eigenvalue weighted by atomic mass is 9.79. The molecule has 0 aromatic carbocycles. The number of allylic oxidation sites excluding steroid dienone is 4. The van der Waals surface area contributed by atoms with E-state index in [-0.39, 0.29) is 5.92 Å². The molecule has 1 unspecified atom stereocenters. The largest absolute Gasteiger partial charge is 0.481 e. The molecule has 70 valence electrons. The van der Waals surface area contributed by atoms with E-state index >= 15 is 0 Å². The molecule has 13 heavy (non-hydrogen) atoms. The van der Waals surface area contributed by atoms with Crippen molar-refractivity contribution < 1.29 is 9.90 Å². The Morgan fingerprint density at radius 2 is 2.00 bits per heavy atom. The summed E-state index contributed by atoms with van der Waals surface area (Å²) in [5.41, 5.74) is 2.89. The SMILES string of the molecule is O=C(O)C1CCC2=C(CC=CC2)C1. The number of carboxylic acid groups (broad SMARTS) is 1. The van der Waals surface area contributed by atoms with Crippen molar-refractivity contribution in [3.63, 3.8) is 0 Å². The van der Waals surface area contributed by atoms with Crippen LogP contribution in [-0.2, 0) is 4.79 Å². The van der Waals surface area contributed by atoms with E-state index in [4.69, 9.17) is 5.11 Å². The van der Waals surface area contributed by atoms with Gasteiger partial charge in [0.2, 0.25) is 0 Å². The molecule has 0 amide bonds. The minimum atomic E-state index is -0.624. The summed E-state index contributed by atoms with van der Waals surface area (Å²) >= 11 is 0. The zero-order valence-electron chi connectivity index (χ0n) is 7.62. The van der Waals surface area contributed by atoms with E-state index in [1.807, 2.05) is 0 Å². The summed E-state index contributed by atoms with van der Waals surface area (Å²) in [6.07, 6.45) is 9.01. The molecule has 2 aliphatic carbocycles. The van der Waals surface area contributed by atoms with E-state index < -0.39 is 5.97 Å². The second kappa shape index (κ2) is 3.36. The Kier molecular flexibility index (Phi) is 2.21. The molecule has 0 saturated heterocycles. The van der Waals surface area contributed by atoms with Crippen molar-refractivity contribution in [3.8, 4) is 0 Å². The molecule has 0 aromatic rings. The summed E-state index contributed by atoms with van der Waals surface area (Å²) in [7, 11) is 0. The first-order chi connectivity index (χ1) is 6.27. The quantitative estimate of drug-likeness (QED) is 0.626. The van der Waals surface area contributed by atoms with Gasteiger partial charge in [-0.2, -0.15) is 0 Å². The van der Waals surface area contributed by atoms with Crippen LogP contribution in [0.3, 0.4) is 0 Å². The Balaban J connectivity index is 2.10. The van der Waals surface area contributed by atoms with Gasteiger partial charge in [0.1, 0.15) is 0 Å². The average molecular weight is 178 g/mol. The topological polar surface area (TPSA) is 37.3 Å². The van der Waals surface area contributed by atoms with Gasteiger partial charge in [0.15, 0.2) is 0 Å². The molecule has 0 aromatic heterocycles. The third-order valence-corrected chi connectivity index (χ3v) is 3.03. The summed E-state index contributed by atoms with van der Waals surface area (Å²) in [4.78, 5) is 10.8. The van der Waals surface area contributed by atoms with Crippen LogP contribution < -0.4 is 0 Å². The third kappa shape index (κ3) is 1.67. The van der Waals surface area contributed by atoms with Crippen molar-refractivity contribution in [1.29, 1.82) is 0 Å². The van der Waals surface area contributed by atoms with Crippen molar-refractivity contribution in [2.75, 3.05) is 0 Å². The number of carbonyl (C=O) groups is 1. The van der Waals surface area contributed by atoms with Crippen molar-refractivity contribution in [3.05, 3.63) is 23.3 Å². The van der Waals surface area contributed by atoms with Gasteiger partial charge in [-0.3, -0.25) is 4.79 Å². The second-order valence-electron chi connectivity index (χ2n) is 3.86. The molecule has 0 radical (unpaired) electrons. The van der Waals surface area contributed by atoms with Crippen molar-refractivity contribution in [2.45, 2.75) is 32.1 Å². The molecule has 2 rings (SSSR count). The van der Waals surface area contributed by atoms with Crippen LogP contribution in [0, 0.1) is 5.92 Å². The van der Waals surface area contributed by atoms with E-state index in [1.165, 1.54) is 11.1 Å². The van der Waals surface area contributed by atoms with Crippen molar-refractivity contribution >= 4 is 5.97 Å². The highest BCUT2D eigenvalue weighted by atomic mass is 16.4. The minimum absolute atomic E-state index is 0.120. The van der Waals surface area contributed by atoms with Crippen LogP contribution in [-0.4, -0.2) is 11.1 Å². The molecule has 1 N–H and O–H groups in total. The van der Waals surface area contributed by atoms with E-state index in [0.717, 1.165) is 32.1 Å². The van der Waals surface area contributed by atoms with Crippen LogP contribution in [0.2, 0.25) is 0 Å². The fraction of sp³-hybridized carbons (Fsp3) is 0.545. The highest BCUT2D eigenvalue weighted by Crippen LogP contribution is 2.35. The van der Waals surface area contributed by atoms with Gasteiger partial charge in [-0.1, -0.05) is 23.3 Å². The molecular formula is C11H14O2. The van der Waals surface area contributed by atoms with Gasteiger partial charge in [-0.15, -0.1) is 0 Å². The van der Waals surface area contributed by atoms with E-state index in [1.54, 1.807) is 0 Å². The number of aliphatic carboxylic acids is 1. The van der Waals surface area contributed by atoms with Crippen molar-refractivity contribution in [1.82, 2.24) is 0 Å². The smallest absolute Gasteiger partial charge is 0.306 e. The Morgan fingerprint density at radius 1 is 1.31 bits per heavy atom. The summed E-state index contributed by atoms with van der Waals surface area (Å²) in [6, 6.07) is 0. The first-order valence-corrected chi connectivity index (χ1v) is 4.85. The number of hydrogen-bond acceptors (Lipinski definition) is 1. The number of rotatable bonds is 1. The van der Waals surface area contributed by atoms with E-state index in [2.05, 4.69) is 12.2 Å². The third-order valence-electron chi connectivity index (χ3n) is 3.03. The standard InChI is InChI=1S/C11H14O2/c12-11(13)10-6-5-8-3-1-2-4-9(8)7-10/h1-2,10H,3-7H2,(H,12,13). The molecule has 2 nitrogen and oxygen atoms in total. The molecule has 0 heterocycles. The normalized spacial score (nSPS) is 27.2. The second-order valence-corrected chi connectivity index (χ2v) is 3.86. The van der Waals surface area contributed by atoms with Gasteiger partial charge in [-0.25, -0.2) is 0 Å². The molecule has 1 atom stereocenters. The molecule has 0 bridgehead atoms. The molecule has 2 heteroatoms. The molecule has 0 spiro atoms. The lowest BCUT2D eigenvalue weighted by Crippen LogP contribution is -2.19. The molecular weight excluding hydrogens is 164 g/mol. The minimum Gasteiger partial charge on any atom is -0.481 e. The van der Waals surface area contributed by atoms with Crippen LogP contribution in [0.1, 0.15) is 32.1 Å². The number of carboxylic acids is 1. The van der Waals surface area contributed by atoms with Gasteiger partial charge in [0, 0.05) is 0 Å². The summed E-state index contributed by atoms with van der Waals surface area (Å²) in [6.45, 7) is 0.